The number of nitrogens with two attached hydrogens (primary N) is 1. The van der Waals surface area contributed by atoms with Crippen LogP contribution >= 0.6 is 23.4 Å². The molecular weight excluding hydrogens is 491 g/mol. The average molecular weight is 514 g/mol. The lowest BCUT2D eigenvalue weighted by atomic mass is 10.1. The number of allylic oxidation sites excluding steroid dienone is 2. The lowest BCUT2D eigenvalue weighted by Gasteiger charge is -2.23. The van der Waals surface area contributed by atoms with Crippen molar-refractivity contribution in [2.45, 2.75) is 44.6 Å². The summed E-state index contributed by atoms with van der Waals surface area (Å²) in [5.41, 5.74) is 5.48. The van der Waals surface area contributed by atoms with Crippen molar-refractivity contribution in [1.29, 1.82) is 0 Å². The molecule has 182 valence electrons. The van der Waals surface area contributed by atoms with E-state index in [1.54, 1.807) is 18.2 Å². The van der Waals surface area contributed by atoms with Crippen LogP contribution in [0.5, 0.6) is 0 Å². The minimum atomic E-state index is -4.68. The average Bonchev–Trinajstić information content (AvgIpc) is 2.74. The van der Waals surface area contributed by atoms with E-state index in [9.17, 15) is 23.1 Å². The largest absolute Gasteiger partial charge is 0.418 e. The first-order valence-electron chi connectivity index (χ1n) is 10.3. The molecule has 3 heterocycles. The lowest BCUT2D eigenvalue weighted by molar-refractivity contribution is -0.137. The number of carbonyl (C=O) groups excluding carboxylic acids is 1. The molecule has 2 aromatic heterocycles. The van der Waals surface area contributed by atoms with E-state index >= 15 is 0 Å². The SMILES string of the molecule is CC(NC(O)c1cc(N)ccn1)C1=CCCCC=C(C(=O)Nc2cc(C(F)(F)F)c(Cl)cn2)S1. The Morgan fingerprint density at radius 1 is 1.26 bits per heavy atom. The van der Waals surface area contributed by atoms with Gasteiger partial charge in [-0.15, -0.1) is 0 Å². The van der Waals surface area contributed by atoms with Gasteiger partial charge in [-0.1, -0.05) is 35.5 Å². The van der Waals surface area contributed by atoms with Crippen molar-refractivity contribution in [1.82, 2.24) is 15.3 Å². The number of hydrogen-bond acceptors (Lipinski definition) is 7. The van der Waals surface area contributed by atoms with Gasteiger partial charge in [-0.3, -0.25) is 15.1 Å². The number of halogens is 4. The van der Waals surface area contributed by atoms with E-state index < -0.39 is 28.9 Å². The van der Waals surface area contributed by atoms with E-state index in [1.807, 2.05) is 13.0 Å². The zero-order valence-electron chi connectivity index (χ0n) is 18.1. The predicted octanol–water partition coefficient (Wildman–Crippen LogP) is 5.02. The zero-order chi connectivity index (χ0) is 24.9. The highest BCUT2D eigenvalue weighted by Crippen LogP contribution is 2.36. The highest BCUT2D eigenvalue weighted by Gasteiger charge is 2.34. The maximum Gasteiger partial charge on any atom is 0.418 e. The monoisotopic (exact) mass is 513 g/mol. The van der Waals surface area contributed by atoms with E-state index in [0.29, 0.717) is 28.8 Å². The second kappa shape index (κ2) is 11.2. The lowest BCUT2D eigenvalue weighted by Crippen LogP contribution is -2.32. The van der Waals surface area contributed by atoms with Gasteiger partial charge in [0.05, 0.1) is 21.2 Å². The van der Waals surface area contributed by atoms with E-state index in [0.717, 1.165) is 23.9 Å². The summed E-state index contributed by atoms with van der Waals surface area (Å²) in [5, 5.41) is 15.4. The number of carbonyl (C=O) groups is 1. The molecule has 2 aromatic rings. The first-order valence-corrected chi connectivity index (χ1v) is 11.5. The minimum absolute atomic E-state index is 0.259. The number of hydrogen-bond donors (Lipinski definition) is 4. The molecule has 0 saturated heterocycles. The first-order chi connectivity index (χ1) is 16.0. The molecule has 0 spiro atoms. The van der Waals surface area contributed by atoms with Crippen LogP contribution < -0.4 is 16.4 Å². The molecule has 0 bridgehead atoms. The second-order valence-corrected chi connectivity index (χ2v) is 9.04. The second-order valence-electron chi connectivity index (χ2n) is 7.51. The smallest absolute Gasteiger partial charge is 0.399 e. The molecule has 0 radical (unpaired) electrons. The highest BCUT2D eigenvalue weighted by molar-refractivity contribution is 8.07. The summed E-state index contributed by atoms with van der Waals surface area (Å²) < 4.78 is 39.4. The number of alkyl halides is 3. The summed E-state index contributed by atoms with van der Waals surface area (Å²) in [6.45, 7) is 1.82. The van der Waals surface area contributed by atoms with Crippen LogP contribution in [0.3, 0.4) is 0 Å². The van der Waals surface area contributed by atoms with Crippen LogP contribution in [-0.4, -0.2) is 27.0 Å². The van der Waals surface area contributed by atoms with Crippen molar-refractivity contribution in [3.8, 4) is 0 Å². The van der Waals surface area contributed by atoms with Gasteiger partial charge in [0.2, 0.25) is 0 Å². The first kappa shape index (κ1) is 26.0. The number of amides is 1. The molecule has 2 unspecified atom stereocenters. The van der Waals surface area contributed by atoms with Crippen LogP contribution in [0.1, 0.15) is 43.7 Å². The number of aliphatic hydroxyl groups is 1. The van der Waals surface area contributed by atoms with Crippen molar-refractivity contribution in [2.24, 2.45) is 0 Å². The Bertz CT molecular complexity index is 1110. The molecular formula is C22H23ClF3N5O2S. The van der Waals surface area contributed by atoms with Crippen LogP contribution in [0, 0.1) is 0 Å². The number of anilines is 2. The van der Waals surface area contributed by atoms with E-state index in [4.69, 9.17) is 17.3 Å². The third-order valence-electron chi connectivity index (χ3n) is 4.86. The fourth-order valence-corrected chi connectivity index (χ4v) is 4.39. The van der Waals surface area contributed by atoms with E-state index in [-0.39, 0.29) is 11.9 Å². The van der Waals surface area contributed by atoms with Crippen LogP contribution in [0.4, 0.5) is 24.7 Å². The standard InChI is InChI=1S/C22H23ClF3N5O2S/c1-12(30-20(32)16-9-13(27)7-8-28-16)17-5-3-2-4-6-18(34-17)21(33)31-19-10-14(22(24,25)26)15(23)11-29-19/h5-12,20,30,32H,2-4H2,1H3,(H2,27,28)(H,29,31,33). The summed E-state index contributed by atoms with van der Waals surface area (Å²) >= 11 is 6.77. The summed E-state index contributed by atoms with van der Waals surface area (Å²) in [5.74, 6) is -0.851. The van der Waals surface area contributed by atoms with E-state index in [2.05, 4.69) is 20.6 Å². The molecule has 0 aromatic carbocycles. The van der Waals surface area contributed by atoms with Gasteiger partial charge < -0.3 is 16.2 Å². The van der Waals surface area contributed by atoms with Gasteiger partial charge >= 0.3 is 6.18 Å². The number of pyridine rings is 2. The molecule has 7 nitrogen and oxygen atoms in total. The third-order valence-corrected chi connectivity index (χ3v) is 6.49. The van der Waals surface area contributed by atoms with Crippen LogP contribution in [0.15, 0.2) is 52.6 Å². The van der Waals surface area contributed by atoms with Gasteiger partial charge in [0.1, 0.15) is 12.0 Å². The highest BCUT2D eigenvalue weighted by atomic mass is 35.5. The van der Waals surface area contributed by atoms with Crippen molar-refractivity contribution >= 4 is 40.8 Å². The summed E-state index contributed by atoms with van der Waals surface area (Å²) in [4.78, 5) is 21.8. The number of nitrogens with zero attached hydrogens (tertiary/aromatic N) is 2. The number of thioether (sulfide) groups is 1. The number of aliphatic hydroxyl groups excluding tert-OH is 1. The topological polar surface area (TPSA) is 113 Å². The Hall–Kier alpha value is -2.60. The third kappa shape index (κ3) is 6.95. The van der Waals surface area contributed by atoms with Gasteiger partial charge in [0.25, 0.3) is 5.91 Å². The molecule has 2 atom stereocenters. The predicted molar refractivity (Wildman–Crippen MR) is 127 cm³/mol. The normalized spacial score (nSPS) is 16.5. The zero-order valence-corrected chi connectivity index (χ0v) is 19.6. The van der Waals surface area contributed by atoms with Crippen LogP contribution in [0.2, 0.25) is 5.02 Å². The fraction of sp³-hybridized carbons (Fsp3) is 0.318. The number of rotatable bonds is 6. The maximum absolute atomic E-state index is 13.1. The Morgan fingerprint density at radius 3 is 2.71 bits per heavy atom. The number of nitrogen functional groups attached to an aromatic ring is 1. The van der Waals surface area contributed by atoms with Gasteiger partial charge in [-0.2, -0.15) is 13.2 Å². The molecule has 34 heavy (non-hydrogen) atoms. The number of aromatic nitrogens is 2. The fourth-order valence-electron chi connectivity index (χ4n) is 3.13. The van der Waals surface area contributed by atoms with Crippen LogP contribution in [-0.2, 0) is 11.0 Å². The molecule has 0 saturated carbocycles. The Morgan fingerprint density at radius 2 is 2.00 bits per heavy atom. The molecule has 0 fully saturated rings. The molecule has 1 amide bonds. The van der Waals surface area contributed by atoms with Crippen molar-refractivity contribution < 1.29 is 23.1 Å². The Kier molecular flexibility index (Phi) is 8.58. The molecule has 3 rings (SSSR count). The Labute approximate surface area is 203 Å². The quantitative estimate of drug-likeness (QED) is 0.401. The van der Waals surface area contributed by atoms with Crippen molar-refractivity contribution in [3.05, 3.63) is 68.8 Å². The molecule has 1 aliphatic rings. The summed E-state index contributed by atoms with van der Waals surface area (Å²) in [6, 6.07) is 3.50. The van der Waals surface area contributed by atoms with Gasteiger partial charge in [-0.25, -0.2) is 4.98 Å². The van der Waals surface area contributed by atoms with Crippen molar-refractivity contribution in [2.75, 3.05) is 11.1 Å². The molecule has 12 heteroatoms. The van der Waals surface area contributed by atoms with Gasteiger partial charge in [0.15, 0.2) is 0 Å². The van der Waals surface area contributed by atoms with Gasteiger partial charge in [0, 0.05) is 29.0 Å². The van der Waals surface area contributed by atoms with Crippen molar-refractivity contribution in [3.63, 3.8) is 0 Å². The van der Waals surface area contributed by atoms with Gasteiger partial charge in [-0.05, 0) is 44.4 Å². The van der Waals surface area contributed by atoms with Crippen LogP contribution in [0.25, 0.3) is 0 Å². The molecule has 1 aliphatic heterocycles. The Balaban J connectivity index is 1.72. The maximum atomic E-state index is 13.1. The molecule has 5 N–H and O–H groups in total. The summed E-state index contributed by atoms with van der Waals surface area (Å²) in [6.07, 6.45) is 2.44. The summed E-state index contributed by atoms with van der Waals surface area (Å²) in [7, 11) is 0. The number of nitrogens with one attached hydrogen (secondary N) is 2. The van der Waals surface area contributed by atoms with E-state index in [1.165, 1.54) is 18.0 Å². The molecule has 0 aliphatic carbocycles. The minimum Gasteiger partial charge on any atom is -0.399 e.